The Balaban J connectivity index is 1.17. The van der Waals surface area contributed by atoms with Crippen molar-refractivity contribution in [2.75, 3.05) is 39.3 Å². The minimum absolute atomic E-state index is 0.251. The zero-order valence-corrected chi connectivity index (χ0v) is 18.7. The molecule has 0 saturated carbocycles. The number of aromatic nitrogens is 1. The first kappa shape index (κ1) is 19.8. The van der Waals surface area contributed by atoms with Gasteiger partial charge in [-0.3, -0.25) is 14.6 Å². The number of fused-ring (bicyclic) bond motifs is 3. The van der Waals surface area contributed by atoms with Crippen LogP contribution in [-0.2, 0) is 24.3 Å². The molecule has 0 bridgehead atoms. The molecule has 156 valence electrons. The highest BCUT2D eigenvalue weighted by Crippen LogP contribution is 2.30. The summed E-state index contributed by atoms with van der Waals surface area (Å²) in [5.41, 5.74) is 5.07. The maximum absolute atomic E-state index is 13.0. The Morgan fingerprint density at radius 1 is 0.967 bits per heavy atom. The van der Waals surface area contributed by atoms with Crippen LogP contribution >= 0.6 is 15.9 Å². The Kier molecular flexibility index (Phi) is 5.63. The van der Waals surface area contributed by atoms with E-state index in [2.05, 4.69) is 79.2 Å². The molecule has 5 rings (SSSR count). The van der Waals surface area contributed by atoms with E-state index >= 15 is 0 Å². The largest absolute Gasteiger partial charge is 0.358 e. The van der Waals surface area contributed by atoms with Gasteiger partial charge >= 0.3 is 0 Å². The molecule has 1 N–H and O–H groups in total. The number of aromatic amines is 1. The van der Waals surface area contributed by atoms with E-state index in [1.807, 2.05) is 4.90 Å². The van der Waals surface area contributed by atoms with Gasteiger partial charge in [-0.05, 0) is 23.8 Å². The number of amides is 1. The summed E-state index contributed by atoms with van der Waals surface area (Å²) in [5, 5.41) is 1.23. The molecule has 1 fully saturated rings. The predicted octanol–water partition coefficient (Wildman–Crippen LogP) is 3.63. The molecule has 3 aromatic rings. The van der Waals surface area contributed by atoms with Crippen molar-refractivity contribution in [1.29, 1.82) is 0 Å². The highest BCUT2D eigenvalue weighted by atomic mass is 79.9. The normalized spacial score (nSPS) is 18.0. The van der Waals surface area contributed by atoms with E-state index in [1.165, 1.54) is 22.2 Å². The van der Waals surface area contributed by atoms with E-state index in [4.69, 9.17) is 0 Å². The van der Waals surface area contributed by atoms with Crippen molar-refractivity contribution in [2.24, 2.45) is 0 Å². The zero-order valence-electron chi connectivity index (χ0n) is 17.1. The molecule has 1 saturated heterocycles. The number of nitrogens with zero attached hydrogens (tertiary/aromatic N) is 3. The number of hydrogen-bond acceptors (Lipinski definition) is 3. The van der Waals surface area contributed by atoms with Gasteiger partial charge in [0.1, 0.15) is 0 Å². The number of benzene rings is 2. The van der Waals surface area contributed by atoms with Gasteiger partial charge in [0.2, 0.25) is 5.91 Å². The van der Waals surface area contributed by atoms with Crippen molar-refractivity contribution in [3.8, 4) is 0 Å². The molecule has 2 aliphatic heterocycles. The molecule has 0 unspecified atom stereocenters. The monoisotopic (exact) mass is 466 g/mol. The average molecular weight is 467 g/mol. The van der Waals surface area contributed by atoms with Crippen LogP contribution in [-0.4, -0.2) is 64.9 Å². The summed E-state index contributed by atoms with van der Waals surface area (Å²) >= 11 is 3.58. The van der Waals surface area contributed by atoms with E-state index in [0.29, 0.717) is 13.1 Å². The highest BCUT2D eigenvalue weighted by Gasteiger charge is 2.26. The molecule has 0 spiro atoms. The minimum Gasteiger partial charge on any atom is -0.358 e. The fourth-order valence-electron chi connectivity index (χ4n) is 4.64. The molecule has 5 nitrogen and oxygen atoms in total. The Morgan fingerprint density at radius 3 is 2.53 bits per heavy atom. The Labute approximate surface area is 185 Å². The van der Waals surface area contributed by atoms with Crippen LogP contribution in [0.5, 0.6) is 0 Å². The van der Waals surface area contributed by atoms with Crippen molar-refractivity contribution >= 4 is 32.7 Å². The molecule has 6 heteroatoms. The molecule has 1 amide bonds. The zero-order chi connectivity index (χ0) is 20.5. The second-order valence-electron chi connectivity index (χ2n) is 8.38. The lowest BCUT2D eigenvalue weighted by molar-refractivity contribution is -0.133. The number of rotatable bonds is 4. The van der Waals surface area contributed by atoms with Crippen LogP contribution in [0.3, 0.4) is 0 Å². The van der Waals surface area contributed by atoms with E-state index in [-0.39, 0.29) is 5.91 Å². The van der Waals surface area contributed by atoms with Gasteiger partial charge in [-0.2, -0.15) is 0 Å². The number of nitrogens with one attached hydrogen (secondary N) is 1. The highest BCUT2D eigenvalue weighted by molar-refractivity contribution is 9.10. The molecular formula is C24H27BrN4O. The number of H-pyrrole nitrogens is 1. The standard InChI is InChI=1S/C24H27BrN4O/c25-19-6-7-22-20(14-19)21-16-29(9-8-23(21)26-22)24(30)17-28-12-10-27(11-13-28)15-18-4-2-1-3-5-18/h1-7,14,26H,8-13,15-17H2. The summed E-state index contributed by atoms with van der Waals surface area (Å²) in [6.07, 6.45) is 0.901. The predicted molar refractivity (Wildman–Crippen MR) is 123 cm³/mol. The number of carbonyl (C=O) groups is 1. The molecule has 0 atom stereocenters. The summed E-state index contributed by atoms with van der Waals surface area (Å²) in [7, 11) is 0. The third kappa shape index (κ3) is 4.17. The average Bonchev–Trinajstić information content (AvgIpc) is 3.13. The summed E-state index contributed by atoms with van der Waals surface area (Å²) < 4.78 is 1.08. The lowest BCUT2D eigenvalue weighted by Gasteiger charge is -2.36. The van der Waals surface area contributed by atoms with Crippen molar-refractivity contribution in [3.05, 3.63) is 69.8 Å². The number of carbonyl (C=O) groups excluding carboxylic acids is 1. The van der Waals surface area contributed by atoms with E-state index < -0.39 is 0 Å². The van der Waals surface area contributed by atoms with E-state index in [1.54, 1.807) is 0 Å². The van der Waals surface area contributed by atoms with Gasteiger partial charge in [0, 0.05) is 78.9 Å². The van der Waals surface area contributed by atoms with Crippen molar-refractivity contribution in [2.45, 2.75) is 19.5 Å². The van der Waals surface area contributed by atoms with Crippen LogP contribution in [0.4, 0.5) is 0 Å². The third-order valence-corrected chi connectivity index (χ3v) is 6.86. The van der Waals surface area contributed by atoms with Crippen molar-refractivity contribution in [3.63, 3.8) is 0 Å². The lowest BCUT2D eigenvalue weighted by atomic mass is 10.0. The van der Waals surface area contributed by atoms with E-state index in [0.717, 1.165) is 55.7 Å². The van der Waals surface area contributed by atoms with E-state index in [9.17, 15) is 4.79 Å². The second kappa shape index (κ2) is 8.53. The first-order valence-corrected chi connectivity index (χ1v) is 11.5. The molecule has 2 aromatic carbocycles. The van der Waals surface area contributed by atoms with Crippen LogP contribution in [0.25, 0.3) is 10.9 Å². The third-order valence-electron chi connectivity index (χ3n) is 6.36. The fourth-order valence-corrected chi connectivity index (χ4v) is 5.00. The van der Waals surface area contributed by atoms with Gasteiger partial charge in [-0.1, -0.05) is 46.3 Å². The molecule has 0 aliphatic carbocycles. The summed E-state index contributed by atoms with van der Waals surface area (Å²) in [6.45, 7) is 6.97. The lowest BCUT2D eigenvalue weighted by Crippen LogP contribution is -2.50. The van der Waals surface area contributed by atoms with Crippen LogP contribution in [0.15, 0.2) is 53.0 Å². The number of halogens is 1. The van der Waals surface area contributed by atoms with Crippen molar-refractivity contribution in [1.82, 2.24) is 19.7 Å². The first-order valence-electron chi connectivity index (χ1n) is 10.7. The summed E-state index contributed by atoms with van der Waals surface area (Å²) in [6, 6.07) is 17.0. The van der Waals surface area contributed by atoms with Gasteiger partial charge in [0.05, 0.1) is 6.54 Å². The fraction of sp³-hybridized carbons (Fsp3) is 0.375. The summed E-state index contributed by atoms with van der Waals surface area (Å²) in [4.78, 5) is 23.4. The van der Waals surface area contributed by atoms with Crippen LogP contribution in [0.2, 0.25) is 0 Å². The minimum atomic E-state index is 0.251. The van der Waals surface area contributed by atoms with Gasteiger partial charge in [0.25, 0.3) is 0 Å². The Hall–Kier alpha value is -2.15. The maximum atomic E-state index is 13.0. The summed E-state index contributed by atoms with van der Waals surface area (Å²) in [5.74, 6) is 0.251. The Morgan fingerprint density at radius 2 is 1.73 bits per heavy atom. The second-order valence-corrected chi connectivity index (χ2v) is 9.29. The van der Waals surface area contributed by atoms with Gasteiger partial charge in [0.15, 0.2) is 0 Å². The van der Waals surface area contributed by atoms with Crippen LogP contribution in [0, 0.1) is 0 Å². The molecule has 30 heavy (non-hydrogen) atoms. The first-order chi connectivity index (χ1) is 14.7. The SMILES string of the molecule is O=C(CN1CCN(Cc2ccccc2)CC1)N1CCc2[nH]c3ccc(Br)cc3c2C1. The maximum Gasteiger partial charge on any atom is 0.237 e. The topological polar surface area (TPSA) is 42.6 Å². The van der Waals surface area contributed by atoms with Gasteiger partial charge in [-0.25, -0.2) is 0 Å². The molecule has 1 aromatic heterocycles. The van der Waals surface area contributed by atoms with Crippen molar-refractivity contribution < 1.29 is 4.79 Å². The molecule has 2 aliphatic rings. The number of hydrogen-bond donors (Lipinski definition) is 1. The van der Waals surface area contributed by atoms with Crippen LogP contribution in [0.1, 0.15) is 16.8 Å². The van der Waals surface area contributed by atoms with Gasteiger partial charge in [-0.15, -0.1) is 0 Å². The molecular weight excluding hydrogens is 440 g/mol. The Bertz CT molecular complexity index is 1040. The molecule has 0 radical (unpaired) electrons. The quantitative estimate of drug-likeness (QED) is 0.638. The molecule has 3 heterocycles. The van der Waals surface area contributed by atoms with Gasteiger partial charge < -0.3 is 9.88 Å². The smallest absolute Gasteiger partial charge is 0.237 e. The number of piperazine rings is 1. The van der Waals surface area contributed by atoms with Crippen LogP contribution < -0.4 is 0 Å².